The summed E-state index contributed by atoms with van der Waals surface area (Å²) in [7, 11) is 0. The number of rotatable bonds is 4. The molecule has 23 heavy (non-hydrogen) atoms. The summed E-state index contributed by atoms with van der Waals surface area (Å²) in [6.07, 6.45) is 2.96. The van der Waals surface area contributed by atoms with Gasteiger partial charge in [0.05, 0.1) is 11.3 Å². The van der Waals surface area contributed by atoms with Gasteiger partial charge in [-0.3, -0.25) is 9.59 Å². The van der Waals surface area contributed by atoms with Crippen LogP contribution >= 0.6 is 11.6 Å². The van der Waals surface area contributed by atoms with Crippen LogP contribution in [0.3, 0.4) is 0 Å². The van der Waals surface area contributed by atoms with E-state index >= 15 is 0 Å². The third-order valence-electron chi connectivity index (χ3n) is 3.04. The maximum Gasteiger partial charge on any atom is 0.291 e. The lowest BCUT2D eigenvalue weighted by Crippen LogP contribution is -2.13. The van der Waals surface area contributed by atoms with Gasteiger partial charge in [-0.05, 0) is 42.5 Å². The lowest BCUT2D eigenvalue weighted by atomic mass is 10.2. The largest absolute Gasteiger partial charge is 0.459 e. The van der Waals surface area contributed by atoms with Crippen molar-refractivity contribution in [3.05, 3.63) is 71.4 Å². The second-order valence-electron chi connectivity index (χ2n) is 4.69. The number of aromatic amines is 1. The van der Waals surface area contributed by atoms with Crippen LogP contribution in [-0.2, 0) is 0 Å². The smallest absolute Gasteiger partial charge is 0.291 e. The first-order chi connectivity index (χ1) is 11.1. The number of benzene rings is 1. The number of carbonyl (C=O) groups is 2. The lowest BCUT2D eigenvalue weighted by Gasteiger charge is -2.06. The van der Waals surface area contributed by atoms with Crippen molar-refractivity contribution in [2.24, 2.45) is 0 Å². The molecule has 0 spiro atoms. The average Bonchev–Trinajstić information content (AvgIpc) is 3.20. The van der Waals surface area contributed by atoms with Gasteiger partial charge >= 0.3 is 0 Å². The van der Waals surface area contributed by atoms with E-state index in [0.29, 0.717) is 22.1 Å². The summed E-state index contributed by atoms with van der Waals surface area (Å²) in [5.74, 6) is -0.414. The first-order valence-electron chi connectivity index (χ1n) is 6.72. The van der Waals surface area contributed by atoms with E-state index < -0.39 is 0 Å². The highest BCUT2D eigenvalue weighted by Gasteiger charge is 2.10. The number of nitrogens with one attached hydrogen (secondary N) is 3. The molecule has 0 atom stereocenters. The Kier molecular flexibility index (Phi) is 4.16. The van der Waals surface area contributed by atoms with E-state index in [1.165, 1.54) is 18.5 Å². The van der Waals surface area contributed by atoms with Crippen LogP contribution in [0.1, 0.15) is 21.0 Å². The highest BCUT2D eigenvalue weighted by atomic mass is 35.5. The van der Waals surface area contributed by atoms with E-state index in [9.17, 15) is 9.59 Å². The summed E-state index contributed by atoms with van der Waals surface area (Å²) in [5.41, 5.74) is 1.55. The predicted molar refractivity (Wildman–Crippen MR) is 86.9 cm³/mol. The fourth-order valence-corrected chi connectivity index (χ4v) is 2.10. The van der Waals surface area contributed by atoms with Gasteiger partial charge in [0.25, 0.3) is 11.8 Å². The van der Waals surface area contributed by atoms with Crippen molar-refractivity contribution in [2.45, 2.75) is 0 Å². The standard InChI is InChI=1S/C16H12ClN3O3/c17-10-8-13(18-9-10)15(21)19-11-3-5-12(6-4-11)20-16(22)14-2-1-7-23-14/h1-9,18H,(H,19,21)(H,20,22). The number of halogens is 1. The fourth-order valence-electron chi connectivity index (χ4n) is 1.93. The highest BCUT2D eigenvalue weighted by Crippen LogP contribution is 2.16. The van der Waals surface area contributed by atoms with Gasteiger partial charge in [-0.15, -0.1) is 0 Å². The van der Waals surface area contributed by atoms with Gasteiger partial charge in [0.15, 0.2) is 5.76 Å². The van der Waals surface area contributed by atoms with Crippen molar-refractivity contribution >= 4 is 34.8 Å². The Bertz CT molecular complexity index is 823. The predicted octanol–water partition coefficient (Wildman–Crippen LogP) is 3.77. The molecule has 0 aliphatic heterocycles. The zero-order chi connectivity index (χ0) is 16.2. The Morgan fingerprint density at radius 3 is 2.17 bits per heavy atom. The van der Waals surface area contributed by atoms with Crippen molar-refractivity contribution in [1.29, 1.82) is 0 Å². The summed E-state index contributed by atoms with van der Waals surface area (Å²) in [6.45, 7) is 0. The minimum absolute atomic E-state index is 0.228. The summed E-state index contributed by atoms with van der Waals surface area (Å²) in [6, 6.07) is 11.5. The Labute approximate surface area is 136 Å². The Morgan fingerprint density at radius 1 is 1.00 bits per heavy atom. The zero-order valence-electron chi connectivity index (χ0n) is 11.8. The Hall–Kier alpha value is -2.99. The molecule has 3 rings (SSSR count). The fraction of sp³-hybridized carbons (Fsp3) is 0. The third kappa shape index (κ3) is 3.61. The molecule has 0 saturated carbocycles. The Morgan fingerprint density at radius 2 is 1.65 bits per heavy atom. The van der Waals surface area contributed by atoms with Crippen LogP contribution in [0, 0.1) is 0 Å². The first-order valence-corrected chi connectivity index (χ1v) is 7.10. The topological polar surface area (TPSA) is 87.1 Å². The molecule has 0 aliphatic carbocycles. The summed E-state index contributed by atoms with van der Waals surface area (Å²) < 4.78 is 5.01. The maximum atomic E-state index is 12.0. The van der Waals surface area contributed by atoms with Gasteiger partial charge in [0.1, 0.15) is 5.69 Å². The van der Waals surface area contributed by atoms with Crippen LogP contribution < -0.4 is 10.6 Å². The molecule has 0 saturated heterocycles. The van der Waals surface area contributed by atoms with Crippen LogP contribution in [0.25, 0.3) is 0 Å². The number of furan rings is 1. The van der Waals surface area contributed by atoms with Crippen molar-refractivity contribution in [3.63, 3.8) is 0 Å². The van der Waals surface area contributed by atoms with Crippen LogP contribution in [0.15, 0.2) is 59.3 Å². The molecular weight excluding hydrogens is 318 g/mol. The van der Waals surface area contributed by atoms with E-state index in [2.05, 4.69) is 15.6 Å². The van der Waals surface area contributed by atoms with Gasteiger partial charge in [-0.25, -0.2) is 0 Å². The van der Waals surface area contributed by atoms with E-state index in [0.717, 1.165) is 0 Å². The second kappa shape index (κ2) is 6.41. The molecule has 7 heteroatoms. The zero-order valence-corrected chi connectivity index (χ0v) is 12.6. The van der Waals surface area contributed by atoms with Crippen LogP contribution in [0.4, 0.5) is 11.4 Å². The SMILES string of the molecule is O=C(Nc1ccc(NC(=O)c2ccco2)cc1)c1cc(Cl)c[nH]1. The minimum Gasteiger partial charge on any atom is -0.459 e. The summed E-state index contributed by atoms with van der Waals surface area (Å²) in [4.78, 5) is 26.6. The molecule has 0 radical (unpaired) electrons. The van der Waals surface area contributed by atoms with Gasteiger partial charge in [-0.1, -0.05) is 11.6 Å². The second-order valence-corrected chi connectivity index (χ2v) is 5.13. The molecule has 3 N–H and O–H groups in total. The third-order valence-corrected chi connectivity index (χ3v) is 3.26. The Balaban J connectivity index is 1.63. The van der Waals surface area contributed by atoms with Crippen molar-refractivity contribution < 1.29 is 14.0 Å². The molecule has 0 fully saturated rings. The van der Waals surface area contributed by atoms with Gasteiger partial charge in [-0.2, -0.15) is 0 Å². The maximum absolute atomic E-state index is 12.0. The van der Waals surface area contributed by atoms with Crippen molar-refractivity contribution in [3.8, 4) is 0 Å². The quantitative estimate of drug-likeness (QED) is 0.681. The molecular formula is C16H12ClN3O3. The number of H-pyrrole nitrogens is 1. The number of hydrogen-bond acceptors (Lipinski definition) is 3. The molecule has 2 amide bonds. The molecule has 3 aromatic rings. The summed E-state index contributed by atoms with van der Waals surface area (Å²) >= 11 is 5.76. The van der Waals surface area contributed by atoms with E-state index in [1.807, 2.05) is 0 Å². The van der Waals surface area contributed by atoms with Gasteiger partial charge in [0.2, 0.25) is 0 Å². The van der Waals surface area contributed by atoms with Crippen LogP contribution in [0.5, 0.6) is 0 Å². The summed E-state index contributed by atoms with van der Waals surface area (Å²) in [5, 5.41) is 5.87. The monoisotopic (exact) mass is 329 g/mol. The molecule has 2 aromatic heterocycles. The van der Waals surface area contributed by atoms with E-state index in [-0.39, 0.29) is 17.6 Å². The number of anilines is 2. The van der Waals surface area contributed by atoms with E-state index in [4.69, 9.17) is 16.0 Å². The molecule has 0 aliphatic rings. The number of aromatic nitrogens is 1. The van der Waals surface area contributed by atoms with Crippen molar-refractivity contribution in [1.82, 2.24) is 4.98 Å². The van der Waals surface area contributed by atoms with Crippen molar-refractivity contribution in [2.75, 3.05) is 10.6 Å². The normalized spacial score (nSPS) is 10.3. The number of amides is 2. The molecule has 116 valence electrons. The molecule has 6 nitrogen and oxygen atoms in total. The number of carbonyl (C=O) groups excluding carboxylic acids is 2. The first kappa shape index (κ1) is 14.9. The minimum atomic E-state index is -0.340. The molecule has 2 heterocycles. The number of hydrogen-bond donors (Lipinski definition) is 3. The molecule has 0 unspecified atom stereocenters. The van der Waals surface area contributed by atoms with Crippen LogP contribution in [0.2, 0.25) is 5.02 Å². The molecule has 0 bridgehead atoms. The lowest BCUT2D eigenvalue weighted by molar-refractivity contribution is 0.0994. The average molecular weight is 330 g/mol. The molecule has 1 aromatic carbocycles. The van der Waals surface area contributed by atoms with Gasteiger partial charge in [0, 0.05) is 17.6 Å². The van der Waals surface area contributed by atoms with Gasteiger partial charge < -0.3 is 20.0 Å². The van der Waals surface area contributed by atoms with Crippen LogP contribution in [-0.4, -0.2) is 16.8 Å². The van der Waals surface area contributed by atoms with E-state index in [1.54, 1.807) is 36.4 Å². The highest BCUT2D eigenvalue weighted by molar-refractivity contribution is 6.31.